The molecule has 0 unspecified atom stereocenters. The molecular formula is C14H25N3O. The lowest BCUT2D eigenvalue weighted by Gasteiger charge is -2.43. The summed E-state index contributed by atoms with van der Waals surface area (Å²) < 4.78 is 0. The van der Waals surface area contributed by atoms with Crippen LogP contribution in [0.5, 0.6) is 0 Å². The quantitative estimate of drug-likeness (QED) is 0.714. The summed E-state index contributed by atoms with van der Waals surface area (Å²) in [5, 5.41) is 3.41. The average Bonchev–Trinajstić information content (AvgIpc) is 2.59. The zero-order valence-corrected chi connectivity index (χ0v) is 12.4. The van der Waals surface area contributed by atoms with Crippen molar-refractivity contribution in [3.63, 3.8) is 0 Å². The van der Waals surface area contributed by atoms with E-state index in [4.69, 9.17) is 0 Å². The van der Waals surface area contributed by atoms with Crippen LogP contribution in [0.4, 0.5) is 0 Å². The molecule has 0 radical (unpaired) electrons. The van der Waals surface area contributed by atoms with Crippen molar-refractivity contribution in [3.05, 3.63) is 11.4 Å². The van der Waals surface area contributed by atoms with Crippen LogP contribution < -0.4 is 5.32 Å². The molecule has 0 bridgehead atoms. The van der Waals surface area contributed by atoms with Gasteiger partial charge in [-0.25, -0.2) is 0 Å². The third-order valence-electron chi connectivity index (χ3n) is 3.66. The third kappa shape index (κ3) is 2.08. The lowest BCUT2D eigenvalue weighted by atomic mass is 10.0. The molecule has 4 nitrogen and oxygen atoms in total. The molecule has 1 N–H and O–H groups in total. The molecule has 0 aliphatic carbocycles. The molecule has 2 heterocycles. The highest BCUT2D eigenvalue weighted by Gasteiger charge is 2.41. The monoisotopic (exact) mass is 251 g/mol. The first kappa shape index (κ1) is 13.2. The van der Waals surface area contributed by atoms with Crippen molar-refractivity contribution < 1.29 is 4.79 Å². The summed E-state index contributed by atoms with van der Waals surface area (Å²) in [6, 6.07) is 0. The summed E-state index contributed by atoms with van der Waals surface area (Å²) in [5.41, 5.74) is 1.85. The van der Waals surface area contributed by atoms with E-state index in [1.807, 2.05) is 4.90 Å². The van der Waals surface area contributed by atoms with E-state index in [1.54, 1.807) is 0 Å². The number of carbonyl (C=O) groups excluding carboxylic acids is 1. The number of hydrogen-bond donors (Lipinski definition) is 1. The van der Waals surface area contributed by atoms with Gasteiger partial charge in [-0.15, -0.1) is 0 Å². The first-order chi connectivity index (χ1) is 8.12. The second-order valence-electron chi connectivity index (χ2n) is 7.14. The number of carbonyl (C=O) groups is 1. The van der Waals surface area contributed by atoms with Gasteiger partial charge < -0.3 is 15.1 Å². The van der Waals surface area contributed by atoms with Crippen LogP contribution in [-0.4, -0.2) is 40.0 Å². The van der Waals surface area contributed by atoms with Gasteiger partial charge >= 0.3 is 0 Å². The Morgan fingerprint density at radius 1 is 1.00 bits per heavy atom. The summed E-state index contributed by atoms with van der Waals surface area (Å²) in [4.78, 5) is 16.8. The summed E-state index contributed by atoms with van der Waals surface area (Å²) in [5.74, 6) is 0.170. The summed E-state index contributed by atoms with van der Waals surface area (Å²) in [6.45, 7) is 14.3. The second kappa shape index (κ2) is 3.90. The molecule has 0 atom stereocenters. The van der Waals surface area contributed by atoms with Gasteiger partial charge in [-0.05, 0) is 41.5 Å². The molecule has 0 saturated heterocycles. The van der Waals surface area contributed by atoms with Gasteiger partial charge in [0.25, 0.3) is 5.91 Å². The van der Waals surface area contributed by atoms with E-state index >= 15 is 0 Å². The van der Waals surface area contributed by atoms with Gasteiger partial charge in [0.15, 0.2) is 0 Å². The molecule has 2 aliphatic rings. The summed E-state index contributed by atoms with van der Waals surface area (Å²) in [6.07, 6.45) is 0.955. The number of amides is 1. The zero-order chi connectivity index (χ0) is 13.7. The Bertz CT molecular complexity index is 398. The number of nitrogens with one attached hydrogen (secondary N) is 1. The minimum Gasteiger partial charge on any atom is -0.369 e. The van der Waals surface area contributed by atoms with Crippen LogP contribution in [0.15, 0.2) is 11.4 Å². The maximum Gasteiger partial charge on any atom is 0.273 e. The zero-order valence-electron chi connectivity index (χ0n) is 12.4. The topological polar surface area (TPSA) is 35.6 Å². The molecule has 0 fully saturated rings. The molecule has 0 saturated carbocycles. The van der Waals surface area contributed by atoms with Crippen LogP contribution in [0.2, 0.25) is 0 Å². The van der Waals surface area contributed by atoms with Gasteiger partial charge in [-0.3, -0.25) is 4.79 Å². The van der Waals surface area contributed by atoms with E-state index in [0.29, 0.717) is 6.67 Å². The Labute approximate surface area is 110 Å². The average molecular weight is 251 g/mol. The number of hydrogen-bond acceptors (Lipinski definition) is 3. The third-order valence-corrected chi connectivity index (χ3v) is 3.66. The van der Waals surface area contributed by atoms with Crippen LogP contribution in [0.3, 0.4) is 0 Å². The first-order valence-corrected chi connectivity index (χ1v) is 6.69. The Kier molecular flexibility index (Phi) is 2.87. The fraction of sp³-hybridized carbons (Fsp3) is 0.786. The maximum absolute atomic E-state index is 12.7. The highest BCUT2D eigenvalue weighted by atomic mass is 16.2. The van der Waals surface area contributed by atoms with Crippen molar-refractivity contribution in [2.75, 3.05) is 13.2 Å². The van der Waals surface area contributed by atoms with Crippen molar-refractivity contribution in [2.24, 2.45) is 0 Å². The largest absolute Gasteiger partial charge is 0.369 e. The Balaban J connectivity index is 2.34. The molecule has 2 rings (SSSR count). The van der Waals surface area contributed by atoms with Crippen LogP contribution in [-0.2, 0) is 4.79 Å². The minimum atomic E-state index is -0.144. The van der Waals surface area contributed by atoms with Gasteiger partial charge in [-0.2, -0.15) is 0 Å². The molecule has 4 heteroatoms. The Hall–Kier alpha value is -1.19. The molecule has 0 aromatic carbocycles. The summed E-state index contributed by atoms with van der Waals surface area (Å²) in [7, 11) is 0. The number of nitrogens with zero attached hydrogens (tertiary/aromatic N) is 2. The van der Waals surface area contributed by atoms with Gasteiger partial charge in [0.05, 0.1) is 6.67 Å². The van der Waals surface area contributed by atoms with Crippen molar-refractivity contribution in [3.8, 4) is 0 Å². The van der Waals surface area contributed by atoms with Gasteiger partial charge in [-0.1, -0.05) is 0 Å². The van der Waals surface area contributed by atoms with Crippen molar-refractivity contribution in [1.29, 1.82) is 0 Å². The Morgan fingerprint density at radius 2 is 1.56 bits per heavy atom. The van der Waals surface area contributed by atoms with Crippen LogP contribution in [0.25, 0.3) is 0 Å². The predicted molar refractivity (Wildman–Crippen MR) is 72.7 cm³/mol. The van der Waals surface area contributed by atoms with Crippen LogP contribution >= 0.6 is 0 Å². The molecule has 18 heavy (non-hydrogen) atoms. The van der Waals surface area contributed by atoms with Crippen LogP contribution in [0.1, 0.15) is 48.0 Å². The van der Waals surface area contributed by atoms with Crippen molar-refractivity contribution >= 4 is 5.91 Å². The number of rotatable bonds is 0. The maximum atomic E-state index is 12.7. The molecule has 0 aromatic heterocycles. The van der Waals surface area contributed by atoms with E-state index in [1.165, 1.54) is 0 Å². The molecule has 1 amide bonds. The van der Waals surface area contributed by atoms with Crippen LogP contribution in [0, 0.1) is 0 Å². The van der Waals surface area contributed by atoms with Gasteiger partial charge in [0.1, 0.15) is 5.70 Å². The summed E-state index contributed by atoms with van der Waals surface area (Å²) >= 11 is 0. The lowest BCUT2D eigenvalue weighted by Crippen LogP contribution is -2.56. The fourth-order valence-electron chi connectivity index (χ4n) is 2.62. The molecular weight excluding hydrogens is 226 g/mol. The van der Waals surface area contributed by atoms with E-state index < -0.39 is 0 Å². The van der Waals surface area contributed by atoms with Gasteiger partial charge in [0, 0.05) is 29.7 Å². The van der Waals surface area contributed by atoms with E-state index in [0.717, 1.165) is 24.4 Å². The molecule has 102 valence electrons. The second-order valence-corrected chi connectivity index (χ2v) is 7.14. The predicted octanol–water partition coefficient (Wildman–Crippen LogP) is 1.89. The van der Waals surface area contributed by atoms with E-state index in [-0.39, 0.29) is 17.0 Å². The Morgan fingerprint density at radius 3 is 2.06 bits per heavy atom. The van der Waals surface area contributed by atoms with E-state index in [9.17, 15) is 4.79 Å². The van der Waals surface area contributed by atoms with Gasteiger partial charge in [0.2, 0.25) is 0 Å². The highest BCUT2D eigenvalue weighted by molar-refractivity contribution is 5.95. The highest BCUT2D eigenvalue weighted by Crippen LogP contribution is 2.33. The molecule has 0 spiro atoms. The standard InChI is InChI=1S/C14H25N3O/c1-13(2,3)16-8-7-10-11(16)12(18)17(9-15-10)14(4,5)6/h15H,7-9H2,1-6H3. The van der Waals surface area contributed by atoms with Crippen molar-refractivity contribution in [2.45, 2.75) is 59.0 Å². The van der Waals surface area contributed by atoms with E-state index in [2.05, 4.69) is 51.8 Å². The SMILES string of the molecule is CC(C)(C)N1CNC2=C(C1=O)N(C(C)(C)C)CC2. The van der Waals surface area contributed by atoms with Crippen molar-refractivity contribution in [1.82, 2.24) is 15.1 Å². The fourth-order valence-corrected chi connectivity index (χ4v) is 2.62. The minimum absolute atomic E-state index is 0.00465. The normalized spacial score (nSPS) is 21.3. The smallest absolute Gasteiger partial charge is 0.273 e. The lowest BCUT2D eigenvalue weighted by molar-refractivity contribution is -0.135. The molecule has 2 aliphatic heterocycles. The first-order valence-electron chi connectivity index (χ1n) is 6.69. The molecule has 0 aromatic rings.